The fourth-order valence-corrected chi connectivity index (χ4v) is 0.764. The maximum absolute atomic E-state index is 12.6. The molecule has 0 aliphatic heterocycles. The molecule has 18 heavy (non-hydrogen) atoms. The van der Waals surface area contributed by atoms with Crippen LogP contribution >= 0.6 is 0 Å². The van der Waals surface area contributed by atoms with E-state index < -0.39 is 34.8 Å². The lowest BCUT2D eigenvalue weighted by Gasteiger charge is -2.05. The number of hydrogen-bond donors (Lipinski definition) is 0. The van der Waals surface area contributed by atoms with Crippen molar-refractivity contribution in [3.05, 3.63) is 29.1 Å². The molecule has 0 amide bonds. The Balaban J connectivity index is 0.000000494. The number of carbonyl (C=O) groups excluding carboxylic acids is 1. The Labute approximate surface area is 100 Å². The number of methoxy groups -OCH3 is 1. The number of benzene rings is 1. The van der Waals surface area contributed by atoms with Crippen molar-refractivity contribution in [1.82, 2.24) is 0 Å². The summed E-state index contributed by atoms with van der Waals surface area (Å²) in [6.07, 6.45) is 0.917. The summed E-state index contributed by atoms with van der Waals surface area (Å²) in [5.41, 5.74) is 0. The average molecular weight is 270 g/mol. The molecule has 1 aromatic carbocycles. The molecule has 0 saturated carbocycles. The van der Waals surface area contributed by atoms with Crippen LogP contribution in [0.4, 0.5) is 22.0 Å². The summed E-state index contributed by atoms with van der Waals surface area (Å²) in [7, 11) is 0.804. The van der Waals surface area contributed by atoms with Gasteiger partial charge < -0.3 is 9.53 Å². The van der Waals surface area contributed by atoms with Crippen LogP contribution in [0, 0.1) is 35.0 Å². The highest BCUT2D eigenvalue weighted by molar-refractivity contribution is 5.51. The molecule has 1 rings (SSSR count). The molecule has 0 radical (unpaired) electrons. The third-order valence-corrected chi connectivity index (χ3v) is 1.65. The van der Waals surface area contributed by atoms with Crippen LogP contribution in [0.5, 0.6) is 5.75 Å². The second kappa shape index (κ2) is 6.93. The molecule has 0 N–H and O–H groups in total. The zero-order valence-corrected chi connectivity index (χ0v) is 9.86. The summed E-state index contributed by atoms with van der Waals surface area (Å²) in [6, 6.07) is 0. The summed E-state index contributed by atoms with van der Waals surface area (Å²) in [5.74, 6) is -11.3. The van der Waals surface area contributed by atoms with E-state index in [9.17, 15) is 26.7 Å². The van der Waals surface area contributed by atoms with Crippen molar-refractivity contribution >= 4 is 6.29 Å². The minimum atomic E-state index is -2.20. The smallest absolute Gasteiger partial charge is 0.206 e. The molecule has 0 aliphatic rings. The van der Waals surface area contributed by atoms with E-state index in [2.05, 4.69) is 4.74 Å². The van der Waals surface area contributed by atoms with E-state index in [1.807, 2.05) is 13.8 Å². The first kappa shape index (κ1) is 16.3. The zero-order valence-electron chi connectivity index (χ0n) is 9.86. The van der Waals surface area contributed by atoms with Gasteiger partial charge in [-0.1, -0.05) is 13.8 Å². The number of aldehydes is 1. The van der Waals surface area contributed by atoms with Gasteiger partial charge in [0.2, 0.25) is 29.1 Å². The second-order valence-corrected chi connectivity index (χ2v) is 3.48. The summed E-state index contributed by atoms with van der Waals surface area (Å²) in [4.78, 5) is 9.50. The molecule has 0 spiro atoms. The lowest BCUT2D eigenvalue weighted by atomic mass is 10.3. The number of rotatable bonds is 2. The fourth-order valence-electron chi connectivity index (χ4n) is 0.764. The van der Waals surface area contributed by atoms with Crippen LogP contribution in [0.15, 0.2) is 0 Å². The van der Waals surface area contributed by atoms with Crippen molar-refractivity contribution in [2.75, 3.05) is 7.11 Å². The quantitative estimate of drug-likeness (QED) is 0.357. The number of halogens is 5. The van der Waals surface area contributed by atoms with Crippen molar-refractivity contribution in [1.29, 1.82) is 0 Å². The van der Waals surface area contributed by atoms with Crippen molar-refractivity contribution in [3.63, 3.8) is 0 Å². The van der Waals surface area contributed by atoms with Crippen molar-refractivity contribution < 1.29 is 31.5 Å². The fraction of sp³-hybridized carbons (Fsp3) is 0.364. The van der Waals surface area contributed by atoms with E-state index in [1.54, 1.807) is 0 Å². The van der Waals surface area contributed by atoms with Crippen molar-refractivity contribution in [2.24, 2.45) is 5.92 Å². The van der Waals surface area contributed by atoms with E-state index in [4.69, 9.17) is 0 Å². The highest BCUT2D eigenvalue weighted by Crippen LogP contribution is 2.28. The minimum Gasteiger partial charge on any atom is -0.491 e. The highest BCUT2D eigenvalue weighted by Gasteiger charge is 2.26. The van der Waals surface area contributed by atoms with Gasteiger partial charge in [0.15, 0.2) is 5.75 Å². The summed E-state index contributed by atoms with van der Waals surface area (Å²) in [5, 5.41) is 0. The maximum Gasteiger partial charge on any atom is 0.206 e. The monoisotopic (exact) mass is 270 g/mol. The number of carbonyl (C=O) groups is 1. The summed E-state index contributed by atoms with van der Waals surface area (Å²) in [6.45, 7) is 3.71. The Morgan fingerprint density at radius 1 is 0.889 bits per heavy atom. The van der Waals surface area contributed by atoms with Gasteiger partial charge in [-0.25, -0.2) is 13.2 Å². The predicted molar refractivity (Wildman–Crippen MR) is 53.7 cm³/mol. The molecule has 0 bridgehead atoms. The first-order valence-electron chi connectivity index (χ1n) is 4.78. The first-order valence-corrected chi connectivity index (χ1v) is 4.78. The van der Waals surface area contributed by atoms with Crippen molar-refractivity contribution in [2.45, 2.75) is 13.8 Å². The van der Waals surface area contributed by atoms with Gasteiger partial charge in [0.1, 0.15) is 6.29 Å². The Kier molecular flexibility index (Phi) is 6.29. The number of hydrogen-bond acceptors (Lipinski definition) is 2. The van der Waals surface area contributed by atoms with E-state index in [0.29, 0.717) is 0 Å². The molecule has 0 fully saturated rings. The number of ether oxygens (including phenoxy) is 1. The van der Waals surface area contributed by atoms with Crippen LogP contribution in [0.1, 0.15) is 13.8 Å². The van der Waals surface area contributed by atoms with Gasteiger partial charge in [0.05, 0.1) is 7.11 Å². The largest absolute Gasteiger partial charge is 0.491 e. The second-order valence-electron chi connectivity index (χ2n) is 3.48. The average Bonchev–Trinajstić information content (AvgIpc) is 2.35. The minimum absolute atomic E-state index is 0.204. The van der Waals surface area contributed by atoms with Crippen LogP contribution in [0.3, 0.4) is 0 Å². The third-order valence-electron chi connectivity index (χ3n) is 1.65. The molecule has 0 aliphatic carbocycles. The molecule has 0 saturated heterocycles. The van der Waals surface area contributed by atoms with E-state index in [0.717, 1.165) is 13.4 Å². The van der Waals surface area contributed by atoms with Crippen molar-refractivity contribution in [3.8, 4) is 5.75 Å². The Hall–Kier alpha value is -1.66. The lowest BCUT2D eigenvalue weighted by Crippen LogP contribution is -2.04. The van der Waals surface area contributed by atoms with Gasteiger partial charge in [0.25, 0.3) is 0 Å². The predicted octanol–water partition coefficient (Wildman–Crippen LogP) is 3.23. The van der Waals surface area contributed by atoms with Gasteiger partial charge in [-0.15, -0.1) is 0 Å². The highest BCUT2D eigenvalue weighted by atomic mass is 19.2. The topological polar surface area (TPSA) is 26.3 Å². The lowest BCUT2D eigenvalue weighted by molar-refractivity contribution is -0.110. The standard InChI is InChI=1S/C7H3F5O.C4H8O/c1-13-7-5(11)3(9)2(8)4(10)6(7)12;1-4(2)3-5/h1H3;3-4H,1-2H3. The molecule has 0 aromatic heterocycles. The zero-order chi connectivity index (χ0) is 14.5. The Morgan fingerprint density at radius 2 is 1.17 bits per heavy atom. The molecule has 2 nitrogen and oxygen atoms in total. The molecular weight excluding hydrogens is 259 g/mol. The Bertz CT molecular complexity index is 403. The molecule has 1 aromatic rings. The molecule has 7 heteroatoms. The van der Waals surface area contributed by atoms with Gasteiger partial charge in [-0.2, -0.15) is 8.78 Å². The van der Waals surface area contributed by atoms with Gasteiger partial charge in [-0.3, -0.25) is 0 Å². The maximum atomic E-state index is 12.6. The first-order chi connectivity index (χ1) is 8.27. The van der Waals surface area contributed by atoms with Crippen LogP contribution < -0.4 is 4.74 Å². The van der Waals surface area contributed by atoms with Crippen LogP contribution in [-0.4, -0.2) is 13.4 Å². The Morgan fingerprint density at radius 3 is 1.39 bits per heavy atom. The van der Waals surface area contributed by atoms with Gasteiger partial charge in [0, 0.05) is 5.92 Å². The van der Waals surface area contributed by atoms with Crippen LogP contribution in [0.2, 0.25) is 0 Å². The molecule has 0 unspecified atom stereocenters. The molecular formula is C11H11F5O2. The molecule has 0 heterocycles. The van der Waals surface area contributed by atoms with Gasteiger partial charge >= 0.3 is 0 Å². The SMILES string of the molecule is CC(C)C=O.COc1c(F)c(F)c(F)c(F)c1F. The van der Waals surface area contributed by atoms with Crippen LogP contribution in [0.25, 0.3) is 0 Å². The molecule has 0 atom stereocenters. The van der Waals surface area contributed by atoms with E-state index in [-0.39, 0.29) is 5.92 Å². The normalized spacial score (nSPS) is 9.83. The van der Waals surface area contributed by atoms with Gasteiger partial charge in [-0.05, 0) is 0 Å². The van der Waals surface area contributed by atoms with Crippen LogP contribution in [-0.2, 0) is 4.79 Å². The summed E-state index contributed by atoms with van der Waals surface area (Å²) < 4.78 is 66.2. The molecule has 102 valence electrons. The van der Waals surface area contributed by atoms with E-state index >= 15 is 0 Å². The third kappa shape index (κ3) is 3.68. The summed E-state index contributed by atoms with van der Waals surface area (Å²) >= 11 is 0. The van der Waals surface area contributed by atoms with E-state index in [1.165, 1.54) is 0 Å².